The standard InChI is InChI=1S/C26H24N4O/c1-26(2,3)25(31)29-20-12-10-18(11-13-20)19-16-23(21-8-4-6-14-27-21)30-24(17-19)22-9-5-7-15-28-22/h4-17H,1-3H3,(H,29,31). The molecule has 0 aliphatic carbocycles. The molecule has 0 atom stereocenters. The number of nitrogens with one attached hydrogen (secondary N) is 1. The van der Waals surface area contributed by atoms with Crippen molar-refractivity contribution in [1.82, 2.24) is 15.0 Å². The Morgan fingerprint density at radius 2 is 1.26 bits per heavy atom. The van der Waals surface area contributed by atoms with Crippen LogP contribution in [0.4, 0.5) is 5.69 Å². The van der Waals surface area contributed by atoms with E-state index < -0.39 is 5.41 Å². The van der Waals surface area contributed by atoms with Gasteiger partial charge in [0.05, 0.1) is 22.8 Å². The summed E-state index contributed by atoms with van der Waals surface area (Å²) < 4.78 is 0. The molecule has 0 unspecified atom stereocenters. The van der Waals surface area contributed by atoms with Gasteiger partial charge in [-0.1, -0.05) is 45.0 Å². The number of nitrogens with zero attached hydrogens (tertiary/aromatic N) is 3. The van der Waals surface area contributed by atoms with Crippen molar-refractivity contribution in [1.29, 1.82) is 0 Å². The minimum absolute atomic E-state index is 0.0148. The SMILES string of the molecule is CC(C)(C)C(=O)Nc1ccc(-c2cc(-c3ccccn3)nc(-c3ccccn3)c2)cc1. The summed E-state index contributed by atoms with van der Waals surface area (Å²) in [4.78, 5) is 26.0. The van der Waals surface area contributed by atoms with Crippen LogP contribution in [0.3, 0.4) is 0 Å². The van der Waals surface area contributed by atoms with Crippen LogP contribution < -0.4 is 5.32 Å². The van der Waals surface area contributed by atoms with Gasteiger partial charge in [0.25, 0.3) is 0 Å². The smallest absolute Gasteiger partial charge is 0.229 e. The highest BCUT2D eigenvalue weighted by Crippen LogP contribution is 2.29. The molecule has 154 valence electrons. The quantitative estimate of drug-likeness (QED) is 0.459. The van der Waals surface area contributed by atoms with Gasteiger partial charge in [-0.05, 0) is 59.7 Å². The van der Waals surface area contributed by atoms with Crippen LogP contribution in [0, 0.1) is 5.41 Å². The normalized spacial score (nSPS) is 11.2. The summed E-state index contributed by atoms with van der Waals surface area (Å²) in [5.74, 6) is -0.0148. The molecule has 5 nitrogen and oxygen atoms in total. The Morgan fingerprint density at radius 1 is 0.710 bits per heavy atom. The monoisotopic (exact) mass is 408 g/mol. The molecule has 0 bridgehead atoms. The van der Waals surface area contributed by atoms with Crippen molar-refractivity contribution in [3.8, 4) is 33.9 Å². The number of hydrogen-bond acceptors (Lipinski definition) is 4. The van der Waals surface area contributed by atoms with Gasteiger partial charge >= 0.3 is 0 Å². The highest BCUT2D eigenvalue weighted by molar-refractivity contribution is 5.94. The molecule has 0 aliphatic rings. The van der Waals surface area contributed by atoms with Crippen LogP contribution in [-0.4, -0.2) is 20.9 Å². The number of benzene rings is 1. The van der Waals surface area contributed by atoms with Gasteiger partial charge in [0.15, 0.2) is 0 Å². The summed E-state index contributed by atoms with van der Waals surface area (Å²) in [5.41, 5.74) is 5.51. The van der Waals surface area contributed by atoms with Gasteiger partial charge in [-0.15, -0.1) is 0 Å². The van der Waals surface area contributed by atoms with E-state index in [1.807, 2.05) is 93.6 Å². The third kappa shape index (κ3) is 4.83. The highest BCUT2D eigenvalue weighted by atomic mass is 16.2. The Morgan fingerprint density at radius 3 is 1.71 bits per heavy atom. The van der Waals surface area contributed by atoms with E-state index in [-0.39, 0.29) is 5.91 Å². The maximum absolute atomic E-state index is 12.3. The molecule has 3 aromatic heterocycles. The number of aromatic nitrogens is 3. The Bertz CT molecular complexity index is 1120. The van der Waals surface area contributed by atoms with Crippen molar-refractivity contribution >= 4 is 11.6 Å². The van der Waals surface area contributed by atoms with Crippen LogP contribution in [0.2, 0.25) is 0 Å². The summed E-state index contributed by atoms with van der Waals surface area (Å²) >= 11 is 0. The molecule has 31 heavy (non-hydrogen) atoms. The van der Waals surface area contributed by atoms with Crippen LogP contribution in [-0.2, 0) is 4.79 Å². The number of pyridine rings is 3. The molecule has 1 N–H and O–H groups in total. The third-order valence-electron chi connectivity index (χ3n) is 4.84. The fraction of sp³-hybridized carbons (Fsp3) is 0.154. The molecule has 4 rings (SSSR count). The lowest BCUT2D eigenvalue weighted by Gasteiger charge is -2.17. The Labute approximate surface area is 182 Å². The van der Waals surface area contributed by atoms with Crippen molar-refractivity contribution < 1.29 is 4.79 Å². The van der Waals surface area contributed by atoms with Gasteiger partial charge in [0.1, 0.15) is 0 Å². The maximum Gasteiger partial charge on any atom is 0.229 e. The first-order valence-electron chi connectivity index (χ1n) is 10.2. The zero-order valence-electron chi connectivity index (χ0n) is 17.8. The van der Waals surface area contributed by atoms with Crippen molar-refractivity contribution in [2.75, 3.05) is 5.32 Å². The van der Waals surface area contributed by atoms with Crippen LogP contribution >= 0.6 is 0 Å². The van der Waals surface area contributed by atoms with Gasteiger partial charge in [-0.25, -0.2) is 4.98 Å². The van der Waals surface area contributed by atoms with E-state index in [9.17, 15) is 4.79 Å². The number of rotatable bonds is 4. The lowest BCUT2D eigenvalue weighted by molar-refractivity contribution is -0.123. The van der Waals surface area contributed by atoms with E-state index in [0.29, 0.717) is 0 Å². The van der Waals surface area contributed by atoms with Crippen molar-refractivity contribution in [2.45, 2.75) is 20.8 Å². The summed E-state index contributed by atoms with van der Waals surface area (Å²) in [6.07, 6.45) is 3.52. The second-order valence-corrected chi connectivity index (χ2v) is 8.34. The molecule has 0 saturated heterocycles. The average Bonchev–Trinajstić information content (AvgIpc) is 2.80. The minimum atomic E-state index is -0.445. The van der Waals surface area contributed by atoms with E-state index in [0.717, 1.165) is 39.6 Å². The molecule has 5 heteroatoms. The molecule has 1 aromatic carbocycles. The molecule has 3 heterocycles. The molecule has 0 fully saturated rings. The largest absolute Gasteiger partial charge is 0.326 e. The molecule has 0 saturated carbocycles. The topological polar surface area (TPSA) is 67.8 Å². The molecule has 1 amide bonds. The first kappa shape index (κ1) is 20.4. The lowest BCUT2D eigenvalue weighted by atomic mass is 9.95. The summed E-state index contributed by atoms with van der Waals surface area (Å²) in [5, 5.41) is 2.96. The van der Waals surface area contributed by atoms with Crippen molar-refractivity contribution in [3.63, 3.8) is 0 Å². The molecule has 4 aromatic rings. The molecule has 0 spiro atoms. The molecule has 0 aliphatic heterocycles. The fourth-order valence-electron chi connectivity index (χ4n) is 3.05. The van der Waals surface area contributed by atoms with Gasteiger partial charge < -0.3 is 5.32 Å². The van der Waals surface area contributed by atoms with Gasteiger partial charge in [-0.3, -0.25) is 14.8 Å². The van der Waals surface area contributed by atoms with Crippen LogP contribution in [0.15, 0.2) is 85.2 Å². The van der Waals surface area contributed by atoms with Crippen LogP contribution in [0.1, 0.15) is 20.8 Å². The number of anilines is 1. The number of carbonyl (C=O) groups excluding carboxylic acids is 1. The molecular formula is C26H24N4O. The van der Waals surface area contributed by atoms with E-state index >= 15 is 0 Å². The summed E-state index contributed by atoms with van der Waals surface area (Å²) in [6.45, 7) is 5.68. The minimum Gasteiger partial charge on any atom is -0.326 e. The first-order valence-corrected chi connectivity index (χ1v) is 10.2. The number of hydrogen-bond donors (Lipinski definition) is 1. The Balaban J connectivity index is 1.73. The van der Waals surface area contributed by atoms with Gasteiger partial charge in [-0.2, -0.15) is 0 Å². The number of carbonyl (C=O) groups is 1. The summed E-state index contributed by atoms with van der Waals surface area (Å²) in [6, 6.07) is 23.4. The Hall–Kier alpha value is -3.86. The summed E-state index contributed by atoms with van der Waals surface area (Å²) in [7, 11) is 0. The van der Waals surface area contributed by atoms with Gasteiger partial charge in [0.2, 0.25) is 5.91 Å². The van der Waals surface area contributed by atoms with E-state index in [1.54, 1.807) is 12.4 Å². The van der Waals surface area contributed by atoms with Crippen molar-refractivity contribution in [3.05, 3.63) is 85.2 Å². The van der Waals surface area contributed by atoms with E-state index in [1.165, 1.54) is 0 Å². The lowest BCUT2D eigenvalue weighted by Crippen LogP contribution is -2.27. The average molecular weight is 409 g/mol. The van der Waals surface area contributed by atoms with E-state index in [2.05, 4.69) is 15.3 Å². The van der Waals surface area contributed by atoms with Crippen LogP contribution in [0.5, 0.6) is 0 Å². The maximum atomic E-state index is 12.3. The fourth-order valence-corrected chi connectivity index (χ4v) is 3.05. The second kappa shape index (κ2) is 8.48. The highest BCUT2D eigenvalue weighted by Gasteiger charge is 2.21. The van der Waals surface area contributed by atoms with Crippen LogP contribution in [0.25, 0.3) is 33.9 Å². The number of amides is 1. The zero-order valence-corrected chi connectivity index (χ0v) is 17.8. The predicted octanol–water partition coefficient (Wildman–Crippen LogP) is 5.86. The third-order valence-corrected chi connectivity index (χ3v) is 4.84. The Kier molecular flexibility index (Phi) is 5.58. The van der Waals surface area contributed by atoms with Gasteiger partial charge in [0, 0.05) is 23.5 Å². The zero-order chi connectivity index (χ0) is 21.8. The first-order chi connectivity index (χ1) is 14.9. The second-order valence-electron chi connectivity index (χ2n) is 8.34. The van der Waals surface area contributed by atoms with E-state index in [4.69, 9.17) is 4.98 Å². The van der Waals surface area contributed by atoms with Crippen molar-refractivity contribution in [2.24, 2.45) is 5.41 Å². The predicted molar refractivity (Wildman–Crippen MR) is 124 cm³/mol. The molecular weight excluding hydrogens is 384 g/mol. The molecule has 0 radical (unpaired) electrons.